The van der Waals surface area contributed by atoms with Crippen molar-refractivity contribution in [1.29, 1.82) is 0 Å². The summed E-state index contributed by atoms with van der Waals surface area (Å²) in [4.78, 5) is 34.4. The normalized spacial score (nSPS) is 13.4. The summed E-state index contributed by atoms with van der Waals surface area (Å²) in [6.07, 6.45) is 0. The van der Waals surface area contributed by atoms with Gasteiger partial charge < -0.3 is 9.90 Å². The van der Waals surface area contributed by atoms with Crippen molar-refractivity contribution in [2.45, 2.75) is 0 Å². The van der Waals surface area contributed by atoms with E-state index in [0.29, 0.717) is 9.37 Å². The molecule has 0 atom stereocenters. The summed E-state index contributed by atoms with van der Waals surface area (Å²) in [5.74, 6) is -2.67. The van der Waals surface area contributed by atoms with Crippen molar-refractivity contribution in [3.05, 3.63) is 33.8 Å². The van der Waals surface area contributed by atoms with Crippen LogP contribution < -0.4 is 24.0 Å². The van der Waals surface area contributed by atoms with E-state index < -0.39 is 24.3 Å². The van der Waals surface area contributed by atoms with Crippen molar-refractivity contribution >= 4 is 33.7 Å². The number of imide groups is 1. The second-order valence-electron chi connectivity index (χ2n) is 3.26. The molecule has 0 N–H and O–H groups in total. The Labute approximate surface area is 117 Å². The van der Waals surface area contributed by atoms with Gasteiger partial charge in [0.2, 0.25) is 0 Å². The van der Waals surface area contributed by atoms with Crippen molar-refractivity contribution in [2.24, 2.45) is 0 Å². The molecular formula is C10H5BrLiNO4. The molecule has 1 heterocycles. The van der Waals surface area contributed by atoms with Gasteiger partial charge in [-0.1, -0.05) is 15.9 Å². The Morgan fingerprint density at radius 1 is 1.24 bits per heavy atom. The number of carboxylic acid groups (broad SMARTS) is 1. The van der Waals surface area contributed by atoms with Crippen LogP contribution in [0.25, 0.3) is 0 Å². The van der Waals surface area contributed by atoms with Gasteiger partial charge in [-0.2, -0.15) is 0 Å². The number of aliphatic carboxylic acids is 1. The Kier molecular flexibility index (Phi) is 4.15. The van der Waals surface area contributed by atoms with E-state index in [0.717, 1.165) is 0 Å². The summed E-state index contributed by atoms with van der Waals surface area (Å²) < 4.78 is 0.655. The maximum absolute atomic E-state index is 11.7. The molecule has 0 fully saturated rings. The standard InChI is InChI=1S/C10H6BrNO4.Li/c11-5-1-2-6-7(3-5)10(16)12(9(6)15)4-8(13)14;/h1-3H,4H2,(H,13,14);/q;+1/p-1. The van der Waals surface area contributed by atoms with E-state index in [1.807, 2.05) is 0 Å². The predicted molar refractivity (Wildman–Crippen MR) is 54.5 cm³/mol. The number of rotatable bonds is 2. The van der Waals surface area contributed by atoms with Crippen LogP contribution in [-0.2, 0) is 4.79 Å². The first kappa shape index (κ1) is 14.0. The molecule has 0 saturated carbocycles. The number of carbonyl (C=O) groups excluding carboxylic acids is 3. The molecule has 0 radical (unpaired) electrons. The van der Waals surface area contributed by atoms with Gasteiger partial charge in [-0.3, -0.25) is 14.5 Å². The predicted octanol–water partition coefficient (Wildman–Crippen LogP) is -3.20. The van der Waals surface area contributed by atoms with Crippen LogP contribution in [0.5, 0.6) is 0 Å². The monoisotopic (exact) mass is 289 g/mol. The zero-order valence-electron chi connectivity index (χ0n) is 8.90. The number of nitrogens with zero attached hydrogens (tertiary/aromatic N) is 1. The number of benzene rings is 1. The average molecular weight is 290 g/mol. The van der Waals surface area contributed by atoms with Crippen molar-refractivity contribution < 1.29 is 38.4 Å². The van der Waals surface area contributed by atoms with Crippen molar-refractivity contribution in [2.75, 3.05) is 6.54 Å². The smallest absolute Gasteiger partial charge is 0.548 e. The summed E-state index contributed by atoms with van der Waals surface area (Å²) in [6, 6.07) is 4.59. The number of amides is 2. The average Bonchev–Trinajstić information content (AvgIpc) is 2.43. The van der Waals surface area contributed by atoms with Crippen LogP contribution in [0.15, 0.2) is 22.7 Å². The van der Waals surface area contributed by atoms with E-state index in [9.17, 15) is 19.5 Å². The minimum absolute atomic E-state index is 0. The van der Waals surface area contributed by atoms with Crippen LogP contribution in [0.4, 0.5) is 0 Å². The topological polar surface area (TPSA) is 77.5 Å². The van der Waals surface area contributed by atoms with E-state index in [2.05, 4.69) is 15.9 Å². The van der Waals surface area contributed by atoms with E-state index in [4.69, 9.17) is 0 Å². The third kappa shape index (κ3) is 2.44. The van der Waals surface area contributed by atoms with E-state index in [-0.39, 0.29) is 30.0 Å². The van der Waals surface area contributed by atoms with Gasteiger partial charge in [-0.15, -0.1) is 0 Å². The molecule has 82 valence electrons. The maximum Gasteiger partial charge on any atom is 1.00 e. The van der Waals surface area contributed by atoms with Crippen LogP contribution in [0.1, 0.15) is 20.7 Å². The van der Waals surface area contributed by atoms with E-state index in [1.165, 1.54) is 12.1 Å². The quantitative estimate of drug-likeness (QED) is 0.424. The number of hydrogen-bond acceptors (Lipinski definition) is 4. The Bertz CT molecular complexity index is 517. The fraction of sp³-hybridized carbons (Fsp3) is 0.100. The van der Waals surface area contributed by atoms with Crippen molar-refractivity contribution in [3.63, 3.8) is 0 Å². The minimum Gasteiger partial charge on any atom is -0.548 e. The first-order chi connectivity index (χ1) is 7.50. The van der Waals surface area contributed by atoms with Gasteiger partial charge in [-0.05, 0) is 18.2 Å². The Morgan fingerprint density at radius 3 is 2.41 bits per heavy atom. The molecule has 5 nitrogen and oxygen atoms in total. The molecule has 1 aromatic carbocycles. The van der Waals surface area contributed by atoms with Crippen molar-refractivity contribution in [3.8, 4) is 0 Å². The summed E-state index contributed by atoms with van der Waals surface area (Å²) >= 11 is 3.17. The molecule has 1 aromatic rings. The SMILES string of the molecule is O=C([O-])CN1C(=O)c2ccc(Br)cc2C1=O.[Li+]. The Morgan fingerprint density at radius 2 is 1.82 bits per heavy atom. The summed E-state index contributed by atoms with van der Waals surface area (Å²) in [5.41, 5.74) is 0.426. The molecule has 17 heavy (non-hydrogen) atoms. The first-order valence-electron chi connectivity index (χ1n) is 4.36. The van der Waals surface area contributed by atoms with Crippen LogP contribution in [0, 0.1) is 0 Å². The van der Waals surface area contributed by atoms with Crippen LogP contribution in [0.3, 0.4) is 0 Å². The third-order valence-corrected chi connectivity index (χ3v) is 2.71. The molecular weight excluding hydrogens is 285 g/mol. The number of carbonyl (C=O) groups is 3. The zero-order valence-corrected chi connectivity index (χ0v) is 10.5. The van der Waals surface area contributed by atoms with E-state index >= 15 is 0 Å². The van der Waals surface area contributed by atoms with E-state index in [1.54, 1.807) is 6.07 Å². The molecule has 0 spiro atoms. The molecule has 2 rings (SSSR count). The van der Waals surface area contributed by atoms with Gasteiger partial charge in [0, 0.05) is 4.47 Å². The maximum atomic E-state index is 11.7. The molecule has 7 heteroatoms. The largest absolute Gasteiger partial charge is 1.00 e. The van der Waals surface area contributed by atoms with Gasteiger partial charge in [0.25, 0.3) is 11.8 Å². The zero-order chi connectivity index (χ0) is 11.9. The van der Waals surface area contributed by atoms with Crippen molar-refractivity contribution in [1.82, 2.24) is 4.90 Å². The fourth-order valence-corrected chi connectivity index (χ4v) is 1.90. The van der Waals surface area contributed by atoms with Gasteiger partial charge in [0.15, 0.2) is 0 Å². The molecule has 1 aliphatic heterocycles. The molecule has 1 aliphatic rings. The first-order valence-corrected chi connectivity index (χ1v) is 5.15. The number of carboxylic acids is 1. The van der Waals surface area contributed by atoms with Crippen LogP contribution in [-0.4, -0.2) is 29.2 Å². The number of halogens is 1. The van der Waals surface area contributed by atoms with Gasteiger partial charge in [0.1, 0.15) is 0 Å². The molecule has 0 unspecified atom stereocenters. The number of fused-ring (bicyclic) bond motifs is 1. The van der Waals surface area contributed by atoms with Gasteiger partial charge >= 0.3 is 18.9 Å². The van der Waals surface area contributed by atoms with Crippen LogP contribution in [0.2, 0.25) is 0 Å². The fourth-order valence-electron chi connectivity index (χ4n) is 1.54. The summed E-state index contributed by atoms with van der Waals surface area (Å²) in [7, 11) is 0. The molecule has 0 saturated heterocycles. The Balaban J connectivity index is 0.00000144. The molecule has 2 amide bonds. The molecule has 0 aliphatic carbocycles. The summed E-state index contributed by atoms with van der Waals surface area (Å²) in [5, 5.41) is 10.4. The van der Waals surface area contributed by atoms with Crippen LogP contribution >= 0.6 is 15.9 Å². The second-order valence-corrected chi connectivity index (χ2v) is 4.17. The third-order valence-electron chi connectivity index (χ3n) is 2.22. The molecule has 0 aromatic heterocycles. The second kappa shape index (κ2) is 5.04. The van der Waals surface area contributed by atoms with Gasteiger partial charge in [-0.25, -0.2) is 0 Å². The summed E-state index contributed by atoms with van der Waals surface area (Å²) in [6.45, 7) is -0.718. The molecule has 0 bridgehead atoms. The van der Waals surface area contributed by atoms with Gasteiger partial charge in [0.05, 0.1) is 23.6 Å². The number of hydrogen-bond donors (Lipinski definition) is 0. The minimum atomic E-state index is -1.46. The Hall–Kier alpha value is -1.09.